The SMILES string of the molecule is CCOC(=O)Cc1csc(SCc2cc(=O)oc3ccc4ccccc4c23)n1. The fraction of sp³-hybridized carbons (Fsp3) is 0.190. The molecule has 142 valence electrons. The summed E-state index contributed by atoms with van der Waals surface area (Å²) >= 11 is 3.03. The topological polar surface area (TPSA) is 69.4 Å². The van der Waals surface area contributed by atoms with Gasteiger partial charge in [0, 0.05) is 22.6 Å². The number of benzene rings is 2. The van der Waals surface area contributed by atoms with Gasteiger partial charge in [0.1, 0.15) is 9.92 Å². The van der Waals surface area contributed by atoms with Crippen molar-refractivity contribution in [3.8, 4) is 0 Å². The highest BCUT2D eigenvalue weighted by Crippen LogP contribution is 2.32. The zero-order valence-corrected chi connectivity index (χ0v) is 16.8. The van der Waals surface area contributed by atoms with Gasteiger partial charge in [0.15, 0.2) is 0 Å². The van der Waals surface area contributed by atoms with Crippen molar-refractivity contribution in [2.24, 2.45) is 0 Å². The normalized spacial score (nSPS) is 11.2. The number of rotatable bonds is 6. The molecule has 2 aromatic heterocycles. The second kappa shape index (κ2) is 8.16. The third-order valence-electron chi connectivity index (χ3n) is 4.23. The van der Waals surface area contributed by atoms with Crippen LogP contribution in [-0.4, -0.2) is 17.6 Å². The summed E-state index contributed by atoms with van der Waals surface area (Å²) in [4.78, 5) is 28.1. The Morgan fingerprint density at radius 1 is 1.25 bits per heavy atom. The Bertz CT molecular complexity index is 1210. The molecule has 0 atom stereocenters. The fourth-order valence-electron chi connectivity index (χ4n) is 3.07. The van der Waals surface area contributed by atoms with E-state index < -0.39 is 0 Å². The standard InChI is InChI=1S/C21H17NO4S2/c1-2-25-18(23)10-15-12-28-21(22-15)27-11-14-9-19(24)26-17-8-7-13-5-3-4-6-16(13)20(14)17/h3-9,12H,2,10-11H2,1H3. The minimum Gasteiger partial charge on any atom is -0.466 e. The summed E-state index contributed by atoms with van der Waals surface area (Å²) < 4.78 is 11.2. The Kier molecular flexibility index (Phi) is 5.45. The molecule has 0 saturated carbocycles. The first-order valence-corrected chi connectivity index (χ1v) is 10.7. The van der Waals surface area contributed by atoms with Gasteiger partial charge in [0.05, 0.1) is 18.7 Å². The van der Waals surface area contributed by atoms with Crippen LogP contribution in [0.2, 0.25) is 0 Å². The summed E-state index contributed by atoms with van der Waals surface area (Å²) in [7, 11) is 0. The lowest BCUT2D eigenvalue weighted by Crippen LogP contribution is -2.07. The van der Waals surface area contributed by atoms with E-state index in [1.807, 2.05) is 41.8 Å². The van der Waals surface area contributed by atoms with Gasteiger partial charge in [-0.3, -0.25) is 4.79 Å². The average Bonchev–Trinajstić information content (AvgIpc) is 3.13. The van der Waals surface area contributed by atoms with Crippen LogP contribution in [0, 0.1) is 0 Å². The van der Waals surface area contributed by atoms with Gasteiger partial charge in [0.2, 0.25) is 0 Å². The molecular weight excluding hydrogens is 394 g/mol. The molecule has 5 nitrogen and oxygen atoms in total. The van der Waals surface area contributed by atoms with E-state index in [1.54, 1.807) is 24.8 Å². The van der Waals surface area contributed by atoms with Gasteiger partial charge in [-0.25, -0.2) is 9.78 Å². The van der Waals surface area contributed by atoms with Gasteiger partial charge >= 0.3 is 11.6 Å². The zero-order chi connectivity index (χ0) is 19.5. The van der Waals surface area contributed by atoms with Crippen molar-refractivity contribution < 1.29 is 13.9 Å². The first-order chi connectivity index (χ1) is 13.6. The number of hydrogen-bond donors (Lipinski definition) is 0. The van der Waals surface area contributed by atoms with E-state index in [9.17, 15) is 9.59 Å². The highest BCUT2D eigenvalue weighted by atomic mass is 32.2. The van der Waals surface area contributed by atoms with E-state index >= 15 is 0 Å². The highest BCUT2D eigenvalue weighted by Gasteiger charge is 2.12. The molecule has 4 aromatic rings. The van der Waals surface area contributed by atoms with Crippen LogP contribution >= 0.6 is 23.1 Å². The molecule has 0 radical (unpaired) electrons. The molecule has 2 heterocycles. The van der Waals surface area contributed by atoms with Crippen LogP contribution in [0.3, 0.4) is 0 Å². The van der Waals surface area contributed by atoms with Crippen molar-refractivity contribution in [2.45, 2.75) is 23.4 Å². The lowest BCUT2D eigenvalue weighted by atomic mass is 10.0. The monoisotopic (exact) mass is 411 g/mol. The first kappa shape index (κ1) is 18.7. The van der Waals surface area contributed by atoms with Gasteiger partial charge in [0.25, 0.3) is 0 Å². The van der Waals surface area contributed by atoms with E-state index in [0.717, 1.165) is 26.1 Å². The summed E-state index contributed by atoms with van der Waals surface area (Å²) in [6, 6.07) is 13.4. The second-order valence-corrected chi connectivity index (χ2v) is 8.21. The molecule has 0 aliphatic rings. The van der Waals surface area contributed by atoms with E-state index in [0.29, 0.717) is 23.6 Å². The maximum atomic E-state index is 12.0. The number of esters is 1. The molecule has 0 fully saturated rings. The minimum atomic E-state index is -0.361. The Hall–Kier alpha value is -2.64. The number of nitrogens with zero attached hydrogens (tertiary/aromatic N) is 1. The smallest absolute Gasteiger partial charge is 0.336 e. The summed E-state index contributed by atoms with van der Waals surface area (Å²) in [6.07, 6.45) is 0.174. The number of ether oxygens (including phenoxy) is 1. The quantitative estimate of drug-likeness (QED) is 0.196. The molecule has 0 spiro atoms. The van der Waals surface area contributed by atoms with Crippen LogP contribution < -0.4 is 5.63 Å². The third kappa shape index (κ3) is 3.95. The van der Waals surface area contributed by atoms with E-state index in [2.05, 4.69) is 4.98 Å². The largest absolute Gasteiger partial charge is 0.466 e. The van der Waals surface area contributed by atoms with Crippen LogP contribution in [0.5, 0.6) is 0 Å². The maximum absolute atomic E-state index is 12.0. The summed E-state index contributed by atoms with van der Waals surface area (Å²) in [6.45, 7) is 2.15. The van der Waals surface area contributed by atoms with Crippen molar-refractivity contribution in [2.75, 3.05) is 6.61 Å². The van der Waals surface area contributed by atoms with E-state index in [4.69, 9.17) is 9.15 Å². The average molecular weight is 412 g/mol. The number of aromatic nitrogens is 1. The zero-order valence-electron chi connectivity index (χ0n) is 15.1. The maximum Gasteiger partial charge on any atom is 0.336 e. The fourth-order valence-corrected chi connectivity index (χ4v) is 4.89. The molecule has 0 aliphatic heterocycles. The Morgan fingerprint density at radius 3 is 2.96 bits per heavy atom. The lowest BCUT2D eigenvalue weighted by Gasteiger charge is -2.08. The highest BCUT2D eigenvalue weighted by molar-refractivity contribution is 8.00. The van der Waals surface area contributed by atoms with Crippen molar-refractivity contribution in [1.29, 1.82) is 0 Å². The molecule has 7 heteroatoms. The molecule has 0 aliphatic carbocycles. The molecule has 28 heavy (non-hydrogen) atoms. The Morgan fingerprint density at radius 2 is 2.11 bits per heavy atom. The predicted octanol–water partition coefficient (Wildman–Crippen LogP) is 4.80. The third-order valence-corrected chi connectivity index (χ3v) is 6.35. The summed E-state index contributed by atoms with van der Waals surface area (Å²) in [5, 5.41) is 4.97. The van der Waals surface area contributed by atoms with Crippen molar-refractivity contribution >= 4 is 50.8 Å². The number of carbonyl (C=O) groups is 1. The molecule has 0 amide bonds. The Labute approximate surface area is 169 Å². The number of thiazole rings is 1. The van der Waals surface area contributed by atoms with Gasteiger partial charge in [-0.1, -0.05) is 42.1 Å². The Balaban J connectivity index is 1.62. The molecule has 0 bridgehead atoms. The van der Waals surface area contributed by atoms with E-state index in [-0.39, 0.29) is 18.0 Å². The van der Waals surface area contributed by atoms with Gasteiger partial charge in [-0.2, -0.15) is 0 Å². The number of fused-ring (bicyclic) bond motifs is 3. The van der Waals surface area contributed by atoms with E-state index in [1.165, 1.54) is 11.3 Å². The van der Waals surface area contributed by atoms with Crippen molar-refractivity contribution in [3.05, 3.63) is 69.5 Å². The van der Waals surface area contributed by atoms with Crippen molar-refractivity contribution in [1.82, 2.24) is 4.98 Å². The summed E-state index contributed by atoms with van der Waals surface area (Å²) in [5.74, 6) is 0.310. The van der Waals surface area contributed by atoms with Crippen LogP contribution in [0.4, 0.5) is 0 Å². The number of carbonyl (C=O) groups excluding carboxylic acids is 1. The minimum absolute atomic E-state index is 0.174. The van der Waals surface area contributed by atoms with Gasteiger partial charge < -0.3 is 9.15 Å². The molecule has 0 saturated heterocycles. The van der Waals surface area contributed by atoms with Crippen LogP contribution in [-0.2, 0) is 21.7 Å². The molecule has 0 N–H and O–H groups in total. The predicted molar refractivity (Wildman–Crippen MR) is 112 cm³/mol. The lowest BCUT2D eigenvalue weighted by molar-refractivity contribution is -0.142. The number of hydrogen-bond acceptors (Lipinski definition) is 7. The number of thioether (sulfide) groups is 1. The molecule has 0 unspecified atom stereocenters. The molecule has 2 aromatic carbocycles. The van der Waals surface area contributed by atoms with Gasteiger partial charge in [-0.05, 0) is 29.3 Å². The molecule has 4 rings (SSSR count). The first-order valence-electron chi connectivity index (χ1n) is 8.81. The van der Waals surface area contributed by atoms with Crippen LogP contribution in [0.15, 0.2) is 61.4 Å². The van der Waals surface area contributed by atoms with Gasteiger partial charge in [-0.15, -0.1) is 11.3 Å². The molecular formula is C21H17NO4S2. The van der Waals surface area contributed by atoms with Crippen molar-refractivity contribution in [3.63, 3.8) is 0 Å². The summed E-state index contributed by atoms with van der Waals surface area (Å²) in [5.41, 5.74) is 1.84. The van der Waals surface area contributed by atoms with Crippen LogP contribution in [0.25, 0.3) is 21.7 Å². The van der Waals surface area contributed by atoms with Crippen LogP contribution in [0.1, 0.15) is 18.2 Å². The second-order valence-electron chi connectivity index (χ2n) is 6.13.